The molecule has 4 heterocycles. The fourth-order valence-corrected chi connectivity index (χ4v) is 5.53. The SMILES string of the molecule is Cc1cc2cnc(Nc3cnn(C4CC4)c3Cl)nc2cc1C1CCN([C@@H]2COC[C@@H]2O)CC1. The first kappa shape index (κ1) is 21.3. The van der Waals surface area contributed by atoms with Crippen LogP contribution in [0.15, 0.2) is 24.5 Å². The molecule has 1 aromatic carbocycles. The van der Waals surface area contributed by atoms with Gasteiger partial charge in [-0.25, -0.2) is 14.6 Å². The summed E-state index contributed by atoms with van der Waals surface area (Å²) in [5.41, 5.74) is 4.31. The number of anilines is 2. The highest BCUT2D eigenvalue weighted by Gasteiger charge is 2.34. The van der Waals surface area contributed by atoms with Crippen molar-refractivity contribution >= 4 is 34.1 Å². The number of ether oxygens (including phenoxy) is 1. The second kappa shape index (κ2) is 8.51. The van der Waals surface area contributed by atoms with Gasteiger partial charge in [0.05, 0.1) is 48.8 Å². The normalized spacial score (nSPS) is 24.6. The van der Waals surface area contributed by atoms with Crippen molar-refractivity contribution in [2.45, 2.75) is 56.7 Å². The Labute approximate surface area is 197 Å². The van der Waals surface area contributed by atoms with Crippen molar-refractivity contribution < 1.29 is 9.84 Å². The Balaban J connectivity index is 1.20. The van der Waals surface area contributed by atoms with Gasteiger partial charge >= 0.3 is 0 Å². The third-order valence-corrected chi connectivity index (χ3v) is 7.68. The number of aliphatic hydroxyl groups excluding tert-OH is 1. The molecular formula is C24H29ClN6O2. The molecule has 3 aromatic rings. The highest BCUT2D eigenvalue weighted by atomic mass is 35.5. The van der Waals surface area contributed by atoms with Gasteiger partial charge < -0.3 is 15.2 Å². The molecule has 2 aliphatic heterocycles. The Hall–Kier alpha value is -2.26. The zero-order valence-electron chi connectivity index (χ0n) is 18.7. The van der Waals surface area contributed by atoms with Crippen molar-refractivity contribution in [3.05, 3.63) is 40.8 Å². The predicted molar refractivity (Wildman–Crippen MR) is 127 cm³/mol. The van der Waals surface area contributed by atoms with Crippen molar-refractivity contribution in [1.29, 1.82) is 0 Å². The van der Waals surface area contributed by atoms with E-state index in [1.807, 2.05) is 10.9 Å². The number of likely N-dealkylation sites (tertiary alicyclic amines) is 1. The molecule has 6 rings (SSSR count). The molecule has 2 atom stereocenters. The van der Waals surface area contributed by atoms with Crippen molar-refractivity contribution in [3.63, 3.8) is 0 Å². The Morgan fingerprint density at radius 2 is 1.94 bits per heavy atom. The summed E-state index contributed by atoms with van der Waals surface area (Å²) in [6, 6.07) is 4.97. The molecule has 0 bridgehead atoms. The minimum atomic E-state index is -0.364. The quantitative estimate of drug-likeness (QED) is 0.588. The maximum atomic E-state index is 10.2. The highest BCUT2D eigenvalue weighted by Crippen LogP contribution is 2.39. The molecule has 0 spiro atoms. The van der Waals surface area contributed by atoms with Crippen LogP contribution in [0.3, 0.4) is 0 Å². The number of aryl methyl sites for hydroxylation is 1. The predicted octanol–water partition coefficient (Wildman–Crippen LogP) is 3.81. The van der Waals surface area contributed by atoms with E-state index in [1.165, 1.54) is 11.1 Å². The summed E-state index contributed by atoms with van der Waals surface area (Å²) in [5, 5.41) is 19.5. The summed E-state index contributed by atoms with van der Waals surface area (Å²) >= 11 is 6.50. The Morgan fingerprint density at radius 1 is 1.12 bits per heavy atom. The van der Waals surface area contributed by atoms with Gasteiger partial charge in [0.2, 0.25) is 5.95 Å². The van der Waals surface area contributed by atoms with Gasteiger partial charge in [-0.1, -0.05) is 11.6 Å². The molecule has 2 saturated heterocycles. The number of hydrogen-bond acceptors (Lipinski definition) is 7. The molecule has 0 unspecified atom stereocenters. The van der Waals surface area contributed by atoms with Gasteiger partial charge in [-0.05, 0) is 74.9 Å². The molecule has 0 radical (unpaired) electrons. The first-order valence-electron chi connectivity index (χ1n) is 11.8. The molecule has 1 aliphatic carbocycles. The van der Waals surface area contributed by atoms with Crippen molar-refractivity contribution in [1.82, 2.24) is 24.6 Å². The molecule has 8 nitrogen and oxygen atoms in total. The fourth-order valence-electron chi connectivity index (χ4n) is 5.26. The molecule has 174 valence electrons. The molecule has 9 heteroatoms. The molecular weight excluding hydrogens is 440 g/mol. The second-order valence-electron chi connectivity index (χ2n) is 9.59. The van der Waals surface area contributed by atoms with Gasteiger partial charge in [-0.3, -0.25) is 4.90 Å². The van der Waals surface area contributed by atoms with E-state index < -0.39 is 0 Å². The largest absolute Gasteiger partial charge is 0.389 e. The molecule has 33 heavy (non-hydrogen) atoms. The maximum absolute atomic E-state index is 10.2. The monoisotopic (exact) mass is 468 g/mol. The molecule has 0 amide bonds. The van der Waals surface area contributed by atoms with Crippen LogP contribution in [0.2, 0.25) is 5.15 Å². The topological polar surface area (TPSA) is 88.3 Å². The lowest BCUT2D eigenvalue weighted by Crippen LogP contribution is -2.46. The van der Waals surface area contributed by atoms with Gasteiger partial charge in [0.15, 0.2) is 5.15 Å². The van der Waals surface area contributed by atoms with E-state index in [0.29, 0.717) is 36.3 Å². The average molecular weight is 469 g/mol. The number of halogens is 1. The third-order valence-electron chi connectivity index (χ3n) is 7.30. The number of piperidine rings is 1. The van der Waals surface area contributed by atoms with Gasteiger partial charge in [-0.15, -0.1) is 0 Å². The van der Waals surface area contributed by atoms with E-state index in [0.717, 1.165) is 55.4 Å². The van der Waals surface area contributed by atoms with Crippen LogP contribution in [0.25, 0.3) is 10.9 Å². The first-order chi connectivity index (χ1) is 16.1. The summed E-state index contributed by atoms with van der Waals surface area (Å²) in [4.78, 5) is 11.7. The lowest BCUT2D eigenvalue weighted by Gasteiger charge is -2.37. The van der Waals surface area contributed by atoms with Crippen LogP contribution in [0.1, 0.15) is 48.8 Å². The summed E-state index contributed by atoms with van der Waals surface area (Å²) in [5.74, 6) is 1.02. The molecule has 3 aliphatic rings. The van der Waals surface area contributed by atoms with E-state index in [9.17, 15) is 5.11 Å². The fraction of sp³-hybridized carbons (Fsp3) is 0.542. The number of nitrogens with zero attached hydrogens (tertiary/aromatic N) is 5. The van der Waals surface area contributed by atoms with Crippen LogP contribution in [0.5, 0.6) is 0 Å². The number of nitrogens with one attached hydrogen (secondary N) is 1. The maximum Gasteiger partial charge on any atom is 0.227 e. The Kier molecular flexibility index (Phi) is 5.49. The average Bonchev–Trinajstić information content (AvgIpc) is 3.47. The van der Waals surface area contributed by atoms with Gasteiger partial charge in [-0.2, -0.15) is 5.10 Å². The van der Waals surface area contributed by atoms with E-state index in [-0.39, 0.29) is 12.1 Å². The van der Waals surface area contributed by atoms with Gasteiger partial charge in [0.1, 0.15) is 0 Å². The minimum Gasteiger partial charge on any atom is -0.389 e. The Bertz CT molecular complexity index is 1170. The van der Waals surface area contributed by atoms with Crippen molar-refractivity contribution in [2.24, 2.45) is 0 Å². The lowest BCUT2D eigenvalue weighted by molar-refractivity contribution is 0.0663. The van der Waals surface area contributed by atoms with E-state index in [2.05, 4.69) is 39.4 Å². The first-order valence-corrected chi connectivity index (χ1v) is 12.2. The van der Waals surface area contributed by atoms with Crippen LogP contribution in [0.4, 0.5) is 11.6 Å². The van der Waals surface area contributed by atoms with Crippen LogP contribution >= 0.6 is 11.6 Å². The van der Waals surface area contributed by atoms with E-state index in [4.69, 9.17) is 21.3 Å². The van der Waals surface area contributed by atoms with Crippen LogP contribution in [-0.4, -0.2) is 68.2 Å². The number of fused-ring (bicyclic) bond motifs is 1. The zero-order valence-corrected chi connectivity index (χ0v) is 19.5. The van der Waals surface area contributed by atoms with Gasteiger partial charge in [0, 0.05) is 11.6 Å². The molecule has 2 N–H and O–H groups in total. The molecule has 1 saturated carbocycles. The standard InChI is InChI=1S/C24H29ClN6O2/c1-14-8-16-10-26-24(29-20-11-27-31(23(20)25)17-2-3-17)28-19(16)9-18(14)15-4-6-30(7-5-15)21-12-33-13-22(21)32/h8-11,15,17,21-22,32H,2-7,12-13H2,1H3,(H,26,28,29)/t21-,22+/m1/s1. The van der Waals surface area contributed by atoms with Crippen LogP contribution < -0.4 is 5.32 Å². The smallest absolute Gasteiger partial charge is 0.227 e. The highest BCUT2D eigenvalue weighted by molar-refractivity contribution is 6.32. The number of aliphatic hydroxyl groups is 1. The third kappa shape index (κ3) is 4.10. The minimum absolute atomic E-state index is 0.140. The number of rotatable bonds is 5. The Morgan fingerprint density at radius 3 is 2.67 bits per heavy atom. The summed E-state index contributed by atoms with van der Waals surface area (Å²) in [6.45, 7) is 5.22. The van der Waals surface area contributed by atoms with Crippen molar-refractivity contribution in [3.8, 4) is 0 Å². The van der Waals surface area contributed by atoms with E-state index in [1.54, 1.807) is 6.20 Å². The molecule has 3 fully saturated rings. The summed E-state index contributed by atoms with van der Waals surface area (Å²) in [6.07, 6.45) is 7.65. The molecule has 2 aromatic heterocycles. The second-order valence-corrected chi connectivity index (χ2v) is 9.95. The summed E-state index contributed by atoms with van der Waals surface area (Å²) in [7, 11) is 0. The van der Waals surface area contributed by atoms with Crippen molar-refractivity contribution in [2.75, 3.05) is 31.6 Å². The summed E-state index contributed by atoms with van der Waals surface area (Å²) < 4.78 is 7.32. The van der Waals surface area contributed by atoms with Gasteiger partial charge in [0.25, 0.3) is 0 Å². The number of aromatic nitrogens is 4. The van der Waals surface area contributed by atoms with E-state index >= 15 is 0 Å². The number of hydrogen-bond donors (Lipinski definition) is 2. The van der Waals surface area contributed by atoms with Crippen LogP contribution in [0, 0.1) is 6.92 Å². The zero-order chi connectivity index (χ0) is 22.5. The lowest BCUT2D eigenvalue weighted by atomic mass is 9.85. The van der Waals surface area contributed by atoms with Crippen LogP contribution in [-0.2, 0) is 4.74 Å². The number of benzene rings is 1.